The second kappa shape index (κ2) is 43.2. The van der Waals surface area contributed by atoms with Gasteiger partial charge < -0.3 is 20.1 Å². The Morgan fingerprint density at radius 3 is 1.53 bits per heavy atom. The third kappa shape index (κ3) is 44.8. The number of phosphoric ester groups is 1. The molecule has 0 aliphatic carbocycles. The third-order valence-electron chi connectivity index (χ3n) is 8.80. The van der Waals surface area contributed by atoms with Crippen molar-refractivity contribution in [2.24, 2.45) is 5.73 Å². The molecule has 3 N–H and O–H groups in total. The molecule has 0 aromatic heterocycles. The van der Waals surface area contributed by atoms with Crippen molar-refractivity contribution in [1.29, 1.82) is 0 Å². The van der Waals surface area contributed by atoms with Gasteiger partial charge in [-0.3, -0.25) is 18.6 Å². The minimum absolute atomic E-state index is 0.0562. The van der Waals surface area contributed by atoms with E-state index in [9.17, 15) is 19.0 Å². The van der Waals surface area contributed by atoms with E-state index in [2.05, 4.69) is 45.1 Å². The summed E-state index contributed by atoms with van der Waals surface area (Å²) in [5, 5.41) is 0. The first-order valence-electron chi connectivity index (χ1n) is 21.7. The first kappa shape index (κ1) is 53.6. The van der Waals surface area contributed by atoms with Crippen LogP contribution in [-0.4, -0.2) is 49.3 Å². The van der Waals surface area contributed by atoms with Crippen LogP contribution in [0.1, 0.15) is 207 Å². The number of carbonyl (C=O) groups is 2. The highest BCUT2D eigenvalue weighted by molar-refractivity contribution is 7.47. The summed E-state index contributed by atoms with van der Waals surface area (Å²) >= 11 is 0. The smallest absolute Gasteiger partial charge is 0.462 e. The number of ether oxygens (including phenoxy) is 2. The molecule has 0 aliphatic rings. The number of hydrogen-bond donors (Lipinski definition) is 2. The lowest BCUT2D eigenvalue weighted by Crippen LogP contribution is -2.29. The zero-order valence-corrected chi connectivity index (χ0v) is 35.7. The molecule has 0 fully saturated rings. The second-order valence-corrected chi connectivity index (χ2v) is 15.6. The number of allylic oxidation sites excluding steroid dienone is 4. The summed E-state index contributed by atoms with van der Waals surface area (Å²) in [6.45, 7) is 8.01. The monoisotopic (exact) mass is 774 g/mol. The summed E-state index contributed by atoms with van der Waals surface area (Å²) in [5.74, 6) is -0.852. The SMILES string of the molecule is CCCC/C=C/C/C=C/CCCCC.CCCCCCCCCCCCCCCCCC(=O)OC[C@H](COP(=O)(O)OCCN)OC(=O)CCCCC. The molecule has 0 bridgehead atoms. The highest BCUT2D eigenvalue weighted by Crippen LogP contribution is 2.43. The maximum Gasteiger partial charge on any atom is 0.472 e. The topological polar surface area (TPSA) is 134 Å². The van der Waals surface area contributed by atoms with E-state index in [0.717, 1.165) is 38.5 Å². The zero-order valence-electron chi connectivity index (χ0n) is 34.8. The fourth-order valence-corrected chi connectivity index (χ4v) is 6.27. The van der Waals surface area contributed by atoms with Crippen molar-refractivity contribution in [3.8, 4) is 0 Å². The molecule has 0 aliphatic heterocycles. The molecular formula is C43H84NO8P. The Morgan fingerprint density at radius 1 is 0.566 bits per heavy atom. The normalized spacial score (nSPS) is 13.2. The molecule has 0 rings (SSSR count). The van der Waals surface area contributed by atoms with Gasteiger partial charge in [0, 0.05) is 19.4 Å². The molecule has 0 saturated heterocycles. The van der Waals surface area contributed by atoms with Crippen LogP contribution in [0.2, 0.25) is 0 Å². The standard InChI is InChI=1S/C29H58NO8P.C14H26/c1-3-5-7-8-9-10-11-12-13-14-15-16-17-18-20-21-28(31)35-25-27(38-29(32)22-19-6-4-2)26-37-39(33,34)36-24-23-30;1-3-5-7-9-11-13-14-12-10-8-6-4-2/h27H,3-26,30H2,1-2H3,(H,33,34);9,11-12,14H,3-8,10,13H2,1-2H3/b;11-9+,14-12+/t27-;/m1./s1. The van der Waals surface area contributed by atoms with Crippen LogP contribution in [0.15, 0.2) is 24.3 Å². The van der Waals surface area contributed by atoms with Gasteiger partial charge in [-0.2, -0.15) is 0 Å². The van der Waals surface area contributed by atoms with Crippen molar-refractivity contribution >= 4 is 19.8 Å². The Balaban J connectivity index is 0. The van der Waals surface area contributed by atoms with Crippen LogP contribution >= 0.6 is 7.82 Å². The van der Waals surface area contributed by atoms with Crippen molar-refractivity contribution in [1.82, 2.24) is 0 Å². The van der Waals surface area contributed by atoms with Gasteiger partial charge in [0.15, 0.2) is 6.10 Å². The van der Waals surface area contributed by atoms with Crippen molar-refractivity contribution in [3.05, 3.63) is 24.3 Å². The molecule has 53 heavy (non-hydrogen) atoms. The van der Waals surface area contributed by atoms with Gasteiger partial charge in [-0.25, -0.2) is 4.57 Å². The van der Waals surface area contributed by atoms with Gasteiger partial charge in [-0.05, 0) is 38.5 Å². The van der Waals surface area contributed by atoms with E-state index in [0.29, 0.717) is 6.42 Å². The fraction of sp³-hybridized carbons (Fsp3) is 0.860. The number of carbonyl (C=O) groups excluding carboxylic acids is 2. The predicted molar refractivity (Wildman–Crippen MR) is 222 cm³/mol. The summed E-state index contributed by atoms with van der Waals surface area (Å²) in [6.07, 6.45) is 40.3. The average molecular weight is 774 g/mol. The van der Waals surface area contributed by atoms with Gasteiger partial charge >= 0.3 is 19.8 Å². The summed E-state index contributed by atoms with van der Waals surface area (Å²) in [4.78, 5) is 34.0. The van der Waals surface area contributed by atoms with E-state index in [1.807, 2.05) is 6.92 Å². The van der Waals surface area contributed by atoms with Gasteiger partial charge in [-0.1, -0.05) is 180 Å². The molecule has 9 nitrogen and oxygen atoms in total. The predicted octanol–water partition coefficient (Wildman–Crippen LogP) is 12.6. The van der Waals surface area contributed by atoms with Crippen LogP contribution in [0.4, 0.5) is 0 Å². The molecule has 2 atom stereocenters. The second-order valence-electron chi connectivity index (χ2n) is 14.2. The van der Waals surface area contributed by atoms with E-state index in [4.69, 9.17) is 24.3 Å². The molecule has 0 saturated carbocycles. The molecule has 1 unspecified atom stereocenters. The number of unbranched alkanes of at least 4 members (excludes halogenated alkanes) is 21. The molecule has 0 aromatic rings. The number of hydrogen-bond acceptors (Lipinski definition) is 8. The average Bonchev–Trinajstić information content (AvgIpc) is 3.14. The molecule has 0 aromatic carbocycles. The van der Waals surface area contributed by atoms with Crippen molar-refractivity contribution in [3.63, 3.8) is 0 Å². The largest absolute Gasteiger partial charge is 0.472 e. The third-order valence-corrected chi connectivity index (χ3v) is 9.78. The summed E-state index contributed by atoms with van der Waals surface area (Å²) < 4.78 is 32.1. The highest BCUT2D eigenvalue weighted by atomic mass is 31.2. The van der Waals surface area contributed by atoms with Crippen molar-refractivity contribution in [2.75, 3.05) is 26.4 Å². The summed E-state index contributed by atoms with van der Waals surface area (Å²) in [6, 6.07) is 0. The summed E-state index contributed by atoms with van der Waals surface area (Å²) in [5.41, 5.74) is 5.27. The Kier molecular flexibility index (Phi) is 43.7. The number of nitrogens with two attached hydrogens (primary N) is 1. The number of esters is 2. The van der Waals surface area contributed by atoms with Crippen LogP contribution in [-0.2, 0) is 32.7 Å². The van der Waals surface area contributed by atoms with Crippen LogP contribution < -0.4 is 5.73 Å². The summed E-state index contributed by atoms with van der Waals surface area (Å²) in [7, 11) is -4.34. The van der Waals surface area contributed by atoms with Gasteiger partial charge in [-0.15, -0.1) is 0 Å². The minimum Gasteiger partial charge on any atom is -0.462 e. The first-order chi connectivity index (χ1) is 25.8. The van der Waals surface area contributed by atoms with Crippen LogP contribution in [0, 0.1) is 0 Å². The van der Waals surface area contributed by atoms with Gasteiger partial charge in [0.25, 0.3) is 0 Å². The molecule has 0 radical (unpaired) electrons. The Labute approximate surface area is 326 Å². The van der Waals surface area contributed by atoms with Gasteiger partial charge in [0.2, 0.25) is 0 Å². The minimum atomic E-state index is -4.34. The van der Waals surface area contributed by atoms with E-state index >= 15 is 0 Å². The lowest BCUT2D eigenvalue weighted by Gasteiger charge is -2.19. The molecule has 314 valence electrons. The van der Waals surface area contributed by atoms with Crippen molar-refractivity contribution < 1.29 is 37.6 Å². The Morgan fingerprint density at radius 2 is 1.00 bits per heavy atom. The molecule has 0 spiro atoms. The fourth-order valence-electron chi connectivity index (χ4n) is 5.50. The quantitative estimate of drug-likeness (QED) is 0.0272. The molecular weight excluding hydrogens is 689 g/mol. The molecule has 10 heteroatoms. The van der Waals surface area contributed by atoms with E-state index in [1.165, 1.54) is 122 Å². The molecule has 0 amide bonds. The van der Waals surface area contributed by atoms with Gasteiger partial charge in [0.05, 0.1) is 13.2 Å². The van der Waals surface area contributed by atoms with Crippen LogP contribution in [0.25, 0.3) is 0 Å². The maximum absolute atomic E-state index is 12.2. The van der Waals surface area contributed by atoms with Crippen LogP contribution in [0.3, 0.4) is 0 Å². The number of phosphoric acid groups is 1. The van der Waals surface area contributed by atoms with Crippen LogP contribution in [0.5, 0.6) is 0 Å². The highest BCUT2D eigenvalue weighted by Gasteiger charge is 2.25. The molecule has 0 heterocycles. The Bertz CT molecular complexity index is 898. The first-order valence-corrected chi connectivity index (χ1v) is 23.2. The van der Waals surface area contributed by atoms with E-state index in [-0.39, 0.29) is 38.6 Å². The van der Waals surface area contributed by atoms with Gasteiger partial charge in [0.1, 0.15) is 6.61 Å². The lowest BCUT2D eigenvalue weighted by molar-refractivity contribution is -0.161. The van der Waals surface area contributed by atoms with Crippen molar-refractivity contribution in [2.45, 2.75) is 214 Å². The zero-order chi connectivity index (χ0) is 39.5. The number of rotatable bonds is 38. The van der Waals surface area contributed by atoms with E-state index < -0.39 is 26.5 Å². The lowest BCUT2D eigenvalue weighted by atomic mass is 10.0. The van der Waals surface area contributed by atoms with E-state index in [1.54, 1.807) is 0 Å². The maximum atomic E-state index is 12.2. The Hall–Kier alpha value is -1.51.